The summed E-state index contributed by atoms with van der Waals surface area (Å²) in [6, 6.07) is 9.80. The second-order valence-corrected chi connectivity index (χ2v) is 4.55. The van der Waals surface area contributed by atoms with Crippen molar-refractivity contribution in [1.29, 1.82) is 0 Å². The summed E-state index contributed by atoms with van der Waals surface area (Å²) in [6.45, 7) is 4.48. The van der Waals surface area contributed by atoms with Crippen LogP contribution in [-0.2, 0) is 0 Å². The van der Waals surface area contributed by atoms with E-state index in [9.17, 15) is 0 Å². The summed E-state index contributed by atoms with van der Waals surface area (Å²) >= 11 is 6.21. The van der Waals surface area contributed by atoms with Gasteiger partial charge in [0, 0.05) is 17.3 Å². The van der Waals surface area contributed by atoms with Crippen molar-refractivity contribution >= 4 is 11.6 Å². The van der Waals surface area contributed by atoms with Gasteiger partial charge >= 0.3 is 0 Å². The lowest BCUT2D eigenvalue weighted by molar-refractivity contribution is 0.517. The van der Waals surface area contributed by atoms with Gasteiger partial charge in [-0.2, -0.15) is 5.10 Å². The third-order valence-electron chi connectivity index (χ3n) is 2.83. The highest BCUT2D eigenvalue weighted by Crippen LogP contribution is 2.26. The van der Waals surface area contributed by atoms with Crippen molar-refractivity contribution < 1.29 is 0 Å². The van der Waals surface area contributed by atoms with Crippen LogP contribution < -0.4 is 5.73 Å². The van der Waals surface area contributed by atoms with Crippen LogP contribution in [0.25, 0.3) is 0 Å². The van der Waals surface area contributed by atoms with E-state index >= 15 is 0 Å². The summed E-state index contributed by atoms with van der Waals surface area (Å²) in [5, 5.41) is 5.21. The second kappa shape index (κ2) is 4.90. The maximum Gasteiger partial charge on any atom is 0.0908 e. The van der Waals surface area contributed by atoms with E-state index in [1.54, 1.807) is 0 Å². The van der Waals surface area contributed by atoms with Crippen molar-refractivity contribution in [2.75, 3.05) is 6.54 Å². The number of aromatic nitrogens is 2. The predicted octanol–water partition coefficient (Wildman–Crippen LogP) is 2.70. The Morgan fingerprint density at radius 3 is 2.59 bits per heavy atom. The first-order valence-corrected chi connectivity index (χ1v) is 5.98. The molecule has 0 bridgehead atoms. The Kier molecular flexibility index (Phi) is 3.50. The molecular weight excluding hydrogens is 234 g/mol. The molecule has 0 spiro atoms. The number of hydrogen-bond donors (Lipinski definition) is 1. The molecule has 0 aliphatic rings. The van der Waals surface area contributed by atoms with Crippen LogP contribution in [0.15, 0.2) is 30.3 Å². The molecule has 2 aromatic rings. The van der Waals surface area contributed by atoms with Gasteiger partial charge in [0.05, 0.1) is 11.7 Å². The topological polar surface area (TPSA) is 43.8 Å². The maximum absolute atomic E-state index is 6.21. The number of nitrogens with two attached hydrogens (primary N) is 1. The number of hydrogen-bond acceptors (Lipinski definition) is 2. The Labute approximate surface area is 106 Å². The van der Waals surface area contributed by atoms with Gasteiger partial charge in [0.1, 0.15) is 0 Å². The van der Waals surface area contributed by atoms with E-state index in [4.69, 9.17) is 17.3 Å². The molecule has 1 heterocycles. The van der Waals surface area contributed by atoms with Gasteiger partial charge in [-0.3, -0.25) is 4.68 Å². The fourth-order valence-electron chi connectivity index (χ4n) is 2.07. The van der Waals surface area contributed by atoms with E-state index in [2.05, 4.69) is 5.10 Å². The van der Waals surface area contributed by atoms with E-state index in [1.165, 1.54) is 0 Å². The lowest BCUT2D eigenvalue weighted by atomic mass is 10.1. The van der Waals surface area contributed by atoms with E-state index in [0.29, 0.717) is 6.54 Å². The van der Waals surface area contributed by atoms with Gasteiger partial charge < -0.3 is 5.73 Å². The molecule has 0 aliphatic heterocycles. The van der Waals surface area contributed by atoms with Crippen molar-refractivity contribution in [2.45, 2.75) is 19.9 Å². The molecule has 0 saturated carbocycles. The SMILES string of the molecule is Cc1cc(C)n(C(CN)c2ccccc2Cl)n1. The van der Waals surface area contributed by atoms with Crippen molar-refractivity contribution in [3.63, 3.8) is 0 Å². The summed E-state index contributed by atoms with van der Waals surface area (Å²) in [7, 11) is 0. The molecule has 0 amide bonds. The van der Waals surface area contributed by atoms with Crippen LogP contribution in [0.1, 0.15) is 23.0 Å². The highest BCUT2D eigenvalue weighted by atomic mass is 35.5. The molecule has 90 valence electrons. The number of rotatable bonds is 3. The van der Waals surface area contributed by atoms with Crippen molar-refractivity contribution in [1.82, 2.24) is 9.78 Å². The van der Waals surface area contributed by atoms with E-state index in [-0.39, 0.29) is 6.04 Å². The number of benzene rings is 1. The Morgan fingerprint density at radius 1 is 1.35 bits per heavy atom. The van der Waals surface area contributed by atoms with Gasteiger partial charge in [0.15, 0.2) is 0 Å². The summed E-state index contributed by atoms with van der Waals surface area (Å²) < 4.78 is 1.94. The zero-order valence-electron chi connectivity index (χ0n) is 10.0. The zero-order valence-corrected chi connectivity index (χ0v) is 10.8. The molecule has 1 aromatic carbocycles. The minimum atomic E-state index is -0.00241. The van der Waals surface area contributed by atoms with Gasteiger partial charge in [-0.05, 0) is 31.5 Å². The maximum atomic E-state index is 6.21. The minimum absolute atomic E-state index is 0.00241. The average molecular weight is 250 g/mol. The minimum Gasteiger partial charge on any atom is -0.328 e. The molecular formula is C13H16ClN3. The Bertz CT molecular complexity index is 519. The lowest BCUT2D eigenvalue weighted by Crippen LogP contribution is -2.22. The van der Waals surface area contributed by atoms with Crippen LogP contribution in [-0.4, -0.2) is 16.3 Å². The molecule has 0 fully saturated rings. The second-order valence-electron chi connectivity index (χ2n) is 4.14. The first-order chi connectivity index (χ1) is 8.13. The fraction of sp³-hybridized carbons (Fsp3) is 0.308. The van der Waals surface area contributed by atoms with Gasteiger partial charge in [0.25, 0.3) is 0 Å². The number of halogens is 1. The third kappa shape index (κ3) is 2.35. The molecule has 0 radical (unpaired) electrons. The van der Waals surface area contributed by atoms with Crippen molar-refractivity contribution in [3.05, 3.63) is 52.3 Å². The highest BCUT2D eigenvalue weighted by Gasteiger charge is 2.17. The zero-order chi connectivity index (χ0) is 12.4. The first kappa shape index (κ1) is 12.1. The molecule has 1 unspecified atom stereocenters. The van der Waals surface area contributed by atoms with Gasteiger partial charge in [-0.1, -0.05) is 29.8 Å². The van der Waals surface area contributed by atoms with E-state index in [0.717, 1.165) is 22.0 Å². The molecule has 2 rings (SSSR count). The molecule has 4 heteroatoms. The Balaban J connectivity index is 2.47. The molecule has 2 N–H and O–H groups in total. The summed E-state index contributed by atoms with van der Waals surface area (Å²) in [4.78, 5) is 0. The standard InChI is InChI=1S/C13H16ClN3/c1-9-7-10(2)17(16-9)13(8-15)11-5-3-4-6-12(11)14/h3-7,13H,8,15H2,1-2H3. The van der Waals surface area contributed by atoms with Gasteiger partial charge in [-0.25, -0.2) is 0 Å². The van der Waals surface area contributed by atoms with E-state index in [1.807, 2.05) is 48.9 Å². The Hall–Kier alpha value is -1.32. The molecule has 17 heavy (non-hydrogen) atoms. The third-order valence-corrected chi connectivity index (χ3v) is 3.17. The molecule has 3 nitrogen and oxygen atoms in total. The monoisotopic (exact) mass is 249 g/mol. The average Bonchev–Trinajstić information content (AvgIpc) is 2.62. The summed E-state index contributed by atoms with van der Waals surface area (Å²) in [5.41, 5.74) is 8.97. The Morgan fingerprint density at radius 2 is 2.06 bits per heavy atom. The fourth-order valence-corrected chi connectivity index (χ4v) is 2.33. The summed E-state index contributed by atoms with van der Waals surface area (Å²) in [5.74, 6) is 0. The summed E-state index contributed by atoms with van der Waals surface area (Å²) in [6.07, 6.45) is 0. The van der Waals surface area contributed by atoms with Crippen LogP contribution in [0.4, 0.5) is 0 Å². The molecule has 1 aromatic heterocycles. The van der Waals surface area contributed by atoms with Crippen LogP contribution in [0.5, 0.6) is 0 Å². The van der Waals surface area contributed by atoms with Crippen LogP contribution >= 0.6 is 11.6 Å². The molecule has 0 aliphatic carbocycles. The lowest BCUT2D eigenvalue weighted by Gasteiger charge is -2.19. The van der Waals surface area contributed by atoms with Crippen molar-refractivity contribution in [2.24, 2.45) is 5.73 Å². The normalized spacial score (nSPS) is 12.7. The van der Waals surface area contributed by atoms with Crippen LogP contribution in [0, 0.1) is 13.8 Å². The predicted molar refractivity (Wildman–Crippen MR) is 70.3 cm³/mol. The number of nitrogens with zero attached hydrogens (tertiary/aromatic N) is 2. The van der Waals surface area contributed by atoms with Crippen LogP contribution in [0.3, 0.4) is 0 Å². The molecule has 1 atom stereocenters. The van der Waals surface area contributed by atoms with Crippen LogP contribution in [0.2, 0.25) is 5.02 Å². The highest BCUT2D eigenvalue weighted by molar-refractivity contribution is 6.31. The number of aryl methyl sites for hydroxylation is 2. The smallest absolute Gasteiger partial charge is 0.0908 e. The first-order valence-electron chi connectivity index (χ1n) is 5.60. The molecule has 0 saturated heterocycles. The van der Waals surface area contributed by atoms with Gasteiger partial charge in [-0.15, -0.1) is 0 Å². The quantitative estimate of drug-likeness (QED) is 0.909. The largest absolute Gasteiger partial charge is 0.328 e. The van der Waals surface area contributed by atoms with E-state index < -0.39 is 0 Å². The van der Waals surface area contributed by atoms with Crippen molar-refractivity contribution in [3.8, 4) is 0 Å². The van der Waals surface area contributed by atoms with Gasteiger partial charge in [0.2, 0.25) is 0 Å².